The minimum absolute atomic E-state index is 0.325. The van der Waals surface area contributed by atoms with Gasteiger partial charge in [-0.3, -0.25) is 0 Å². The van der Waals surface area contributed by atoms with Crippen molar-refractivity contribution in [2.75, 3.05) is 13.1 Å². The number of rotatable bonds is 3. The predicted molar refractivity (Wildman–Crippen MR) is 69.8 cm³/mol. The lowest BCUT2D eigenvalue weighted by molar-refractivity contribution is 0.551. The van der Waals surface area contributed by atoms with E-state index in [2.05, 4.69) is 32.7 Å². The highest BCUT2D eigenvalue weighted by atomic mass is 15.2. The summed E-state index contributed by atoms with van der Waals surface area (Å²) in [6.45, 7) is 2.04. The second-order valence-electron chi connectivity index (χ2n) is 4.30. The van der Waals surface area contributed by atoms with Crippen LogP contribution in [0.25, 0.3) is 11.4 Å². The van der Waals surface area contributed by atoms with Crippen LogP contribution in [0.1, 0.15) is 5.56 Å². The molecular weight excluding hydrogens is 224 g/mol. The van der Waals surface area contributed by atoms with Crippen LogP contribution in [0.3, 0.4) is 0 Å². The maximum absolute atomic E-state index is 4.31. The largest absolute Gasteiger partial charge is 0.300 e. The zero-order valence-electron chi connectivity index (χ0n) is 10.1. The first kappa shape index (κ1) is 11.3. The van der Waals surface area contributed by atoms with E-state index in [1.165, 1.54) is 0 Å². The van der Waals surface area contributed by atoms with Crippen molar-refractivity contribution in [2.45, 2.75) is 12.6 Å². The van der Waals surface area contributed by atoms with Crippen molar-refractivity contribution in [3.8, 4) is 11.4 Å². The third-order valence-electron chi connectivity index (χ3n) is 3.06. The van der Waals surface area contributed by atoms with Crippen molar-refractivity contribution >= 4 is 0 Å². The molecule has 91 valence electrons. The third-order valence-corrected chi connectivity index (χ3v) is 3.06. The van der Waals surface area contributed by atoms with Crippen molar-refractivity contribution in [1.29, 1.82) is 0 Å². The minimum atomic E-state index is 0.325. The Morgan fingerprint density at radius 2 is 1.94 bits per heavy atom. The van der Waals surface area contributed by atoms with E-state index in [4.69, 9.17) is 0 Å². The van der Waals surface area contributed by atoms with Crippen molar-refractivity contribution in [3.63, 3.8) is 0 Å². The summed E-state index contributed by atoms with van der Waals surface area (Å²) in [6.07, 6.45) is 4.76. The number of hydrogen-bond acceptors (Lipinski definition) is 4. The molecule has 1 aliphatic heterocycles. The van der Waals surface area contributed by atoms with E-state index >= 15 is 0 Å². The molecule has 0 unspecified atom stereocenters. The van der Waals surface area contributed by atoms with Gasteiger partial charge in [0.25, 0.3) is 0 Å². The second-order valence-corrected chi connectivity index (χ2v) is 4.30. The van der Waals surface area contributed by atoms with Crippen LogP contribution in [0.2, 0.25) is 0 Å². The van der Waals surface area contributed by atoms with Crippen molar-refractivity contribution in [3.05, 3.63) is 48.3 Å². The first-order chi connectivity index (χ1) is 8.93. The zero-order valence-corrected chi connectivity index (χ0v) is 10.1. The van der Waals surface area contributed by atoms with Crippen molar-refractivity contribution < 1.29 is 0 Å². The highest BCUT2D eigenvalue weighted by Gasteiger charge is 2.16. The fourth-order valence-corrected chi connectivity index (χ4v) is 2.20. The van der Waals surface area contributed by atoms with Crippen LogP contribution in [0.5, 0.6) is 0 Å². The van der Waals surface area contributed by atoms with Gasteiger partial charge >= 0.3 is 0 Å². The van der Waals surface area contributed by atoms with Crippen LogP contribution in [0.15, 0.2) is 36.7 Å². The molecule has 3 rings (SSSR count). The van der Waals surface area contributed by atoms with Crippen LogP contribution >= 0.6 is 0 Å². The summed E-state index contributed by atoms with van der Waals surface area (Å²) < 4.78 is 0. The van der Waals surface area contributed by atoms with Crippen molar-refractivity contribution in [1.82, 2.24) is 20.6 Å². The Labute approximate surface area is 106 Å². The summed E-state index contributed by atoms with van der Waals surface area (Å²) in [6, 6.07) is 11.1. The lowest BCUT2D eigenvalue weighted by Crippen LogP contribution is -2.33. The Balaban J connectivity index is 1.90. The standard InChI is InChI=1S/C14H15N4/c1-2-5-12(14-17-6-3-7-18-14)11(4-1)10-13-15-8-9-16-13/h1-3,5-7,13,15-16H,8-10H2. The lowest BCUT2D eigenvalue weighted by atomic mass is 10.0. The Kier molecular flexibility index (Phi) is 3.30. The summed E-state index contributed by atoms with van der Waals surface area (Å²) in [4.78, 5) is 8.62. The SMILES string of the molecule is [c]1cccc(-c2ncccn2)c1CC1NCCN1. The van der Waals surface area contributed by atoms with E-state index in [1.807, 2.05) is 18.2 Å². The van der Waals surface area contributed by atoms with Gasteiger partial charge in [0.2, 0.25) is 0 Å². The van der Waals surface area contributed by atoms with Crippen LogP contribution < -0.4 is 10.6 Å². The quantitative estimate of drug-likeness (QED) is 0.839. The highest BCUT2D eigenvalue weighted by Crippen LogP contribution is 2.20. The molecule has 2 N–H and O–H groups in total. The van der Waals surface area contributed by atoms with Gasteiger partial charge in [-0.2, -0.15) is 0 Å². The van der Waals surface area contributed by atoms with Gasteiger partial charge in [0.05, 0.1) is 6.17 Å². The normalized spacial score (nSPS) is 16.0. The van der Waals surface area contributed by atoms with E-state index < -0.39 is 0 Å². The summed E-state index contributed by atoms with van der Waals surface area (Å²) in [5.74, 6) is 0.766. The molecule has 18 heavy (non-hydrogen) atoms. The summed E-state index contributed by atoms with van der Waals surface area (Å²) >= 11 is 0. The topological polar surface area (TPSA) is 49.8 Å². The molecule has 1 radical (unpaired) electrons. The van der Waals surface area contributed by atoms with Gasteiger partial charge in [0.15, 0.2) is 5.82 Å². The van der Waals surface area contributed by atoms with Gasteiger partial charge in [-0.25, -0.2) is 9.97 Å². The first-order valence-electron chi connectivity index (χ1n) is 6.17. The molecule has 1 aromatic carbocycles. The summed E-state index contributed by atoms with van der Waals surface area (Å²) in [7, 11) is 0. The van der Waals surface area contributed by atoms with Gasteiger partial charge in [0, 0.05) is 37.5 Å². The first-order valence-corrected chi connectivity index (χ1v) is 6.17. The zero-order chi connectivity index (χ0) is 12.2. The van der Waals surface area contributed by atoms with Crippen LogP contribution in [0, 0.1) is 6.07 Å². The summed E-state index contributed by atoms with van der Waals surface area (Å²) in [5.41, 5.74) is 2.21. The third kappa shape index (κ3) is 2.39. The molecule has 0 spiro atoms. The molecule has 1 aliphatic rings. The fourth-order valence-electron chi connectivity index (χ4n) is 2.20. The maximum atomic E-state index is 4.31. The van der Waals surface area contributed by atoms with Crippen LogP contribution in [-0.2, 0) is 6.42 Å². The van der Waals surface area contributed by atoms with Crippen molar-refractivity contribution in [2.24, 2.45) is 0 Å². The highest BCUT2D eigenvalue weighted by molar-refractivity contribution is 5.59. The molecular formula is C14H15N4. The molecule has 1 aromatic heterocycles. The predicted octanol–water partition coefficient (Wildman–Crippen LogP) is 1.01. The van der Waals surface area contributed by atoms with Gasteiger partial charge in [0.1, 0.15) is 0 Å². The van der Waals surface area contributed by atoms with Crippen LogP contribution in [-0.4, -0.2) is 29.2 Å². The monoisotopic (exact) mass is 239 g/mol. The van der Waals surface area contributed by atoms with E-state index in [9.17, 15) is 0 Å². The molecule has 2 heterocycles. The van der Waals surface area contributed by atoms with Gasteiger partial charge in [-0.15, -0.1) is 0 Å². The van der Waals surface area contributed by atoms with Gasteiger partial charge < -0.3 is 10.6 Å². The number of benzene rings is 1. The number of nitrogens with zero attached hydrogens (tertiary/aromatic N) is 2. The average molecular weight is 239 g/mol. The van der Waals surface area contributed by atoms with E-state index in [-0.39, 0.29) is 0 Å². The average Bonchev–Trinajstić information content (AvgIpc) is 2.93. The molecule has 0 saturated carbocycles. The maximum Gasteiger partial charge on any atom is 0.159 e. The Bertz CT molecular complexity index is 506. The molecule has 0 amide bonds. The van der Waals surface area contributed by atoms with Gasteiger partial charge in [-0.05, 0) is 17.7 Å². The Morgan fingerprint density at radius 3 is 2.72 bits per heavy atom. The lowest BCUT2D eigenvalue weighted by Gasteiger charge is -2.13. The molecule has 1 saturated heterocycles. The second kappa shape index (κ2) is 5.25. The van der Waals surface area contributed by atoms with Gasteiger partial charge in [-0.1, -0.05) is 18.2 Å². The Morgan fingerprint density at radius 1 is 1.17 bits per heavy atom. The smallest absolute Gasteiger partial charge is 0.159 e. The van der Waals surface area contributed by atoms with Crippen LogP contribution in [0.4, 0.5) is 0 Å². The molecule has 0 atom stereocenters. The minimum Gasteiger partial charge on any atom is -0.300 e. The van der Waals surface area contributed by atoms with E-state index in [0.717, 1.165) is 36.5 Å². The Hall–Kier alpha value is -1.78. The molecule has 1 fully saturated rings. The molecule has 4 nitrogen and oxygen atoms in total. The summed E-state index contributed by atoms with van der Waals surface area (Å²) in [5, 5.41) is 6.82. The number of hydrogen-bond donors (Lipinski definition) is 2. The van der Waals surface area contributed by atoms with E-state index in [1.54, 1.807) is 12.4 Å². The molecule has 0 aliphatic carbocycles. The number of aromatic nitrogens is 2. The molecule has 4 heteroatoms. The molecule has 0 bridgehead atoms. The van der Waals surface area contributed by atoms with E-state index in [0.29, 0.717) is 6.17 Å². The fraction of sp³-hybridized carbons (Fsp3) is 0.286. The molecule has 2 aromatic rings. The number of nitrogens with one attached hydrogen (secondary N) is 2.